The number of hydrogen-bond acceptors (Lipinski definition) is 3. The summed E-state index contributed by atoms with van der Waals surface area (Å²) >= 11 is 5.64. The molecule has 0 saturated carbocycles. The van der Waals surface area contributed by atoms with E-state index >= 15 is 0 Å². The third kappa shape index (κ3) is 3.70. The normalized spacial score (nSPS) is 11.9. The molecule has 0 fully saturated rings. The van der Waals surface area contributed by atoms with Gasteiger partial charge in [0.05, 0.1) is 11.5 Å². The number of carbonyl (C=O) groups excluding carboxylic acids is 1. The second kappa shape index (κ2) is 6.35. The molecule has 1 atom stereocenters. The van der Waals surface area contributed by atoms with Gasteiger partial charge in [-0.2, -0.15) is 0 Å². The lowest BCUT2D eigenvalue weighted by Gasteiger charge is -2.22. The molecule has 0 aromatic carbocycles. The van der Waals surface area contributed by atoms with Crippen molar-refractivity contribution >= 4 is 23.5 Å². The van der Waals surface area contributed by atoms with E-state index in [2.05, 4.69) is 4.98 Å². The van der Waals surface area contributed by atoms with Crippen LogP contribution in [0.4, 0.5) is 0 Å². The molecule has 0 aliphatic carbocycles. The van der Waals surface area contributed by atoms with Crippen LogP contribution in [0.3, 0.4) is 0 Å². The highest BCUT2D eigenvalue weighted by atomic mass is 35.5. The predicted molar refractivity (Wildman–Crippen MR) is 67.6 cm³/mol. The van der Waals surface area contributed by atoms with Gasteiger partial charge < -0.3 is 10.0 Å². The second-order valence-electron chi connectivity index (χ2n) is 3.95. The van der Waals surface area contributed by atoms with Crippen LogP contribution < -0.4 is 0 Å². The van der Waals surface area contributed by atoms with E-state index in [1.165, 1.54) is 17.2 Å². The molecule has 6 heteroatoms. The Morgan fingerprint density at radius 2 is 2.17 bits per heavy atom. The molecule has 0 saturated heterocycles. The van der Waals surface area contributed by atoms with E-state index in [4.69, 9.17) is 16.7 Å². The lowest BCUT2D eigenvalue weighted by Crippen LogP contribution is -2.36. The van der Waals surface area contributed by atoms with Crippen molar-refractivity contribution in [3.8, 4) is 0 Å². The highest BCUT2D eigenvalue weighted by Crippen LogP contribution is 2.10. The molecular weight excluding hydrogens is 256 g/mol. The zero-order valence-electron chi connectivity index (χ0n) is 10.3. The number of aliphatic carboxylic acids is 1. The van der Waals surface area contributed by atoms with Crippen LogP contribution in [-0.4, -0.2) is 40.0 Å². The molecule has 1 unspecified atom stereocenters. The minimum absolute atomic E-state index is 0.174. The fourth-order valence-corrected chi connectivity index (χ4v) is 1.56. The number of carboxylic acids is 1. The fourth-order valence-electron chi connectivity index (χ4n) is 1.45. The highest BCUT2D eigenvalue weighted by molar-refractivity contribution is 6.29. The molecule has 0 aliphatic heterocycles. The summed E-state index contributed by atoms with van der Waals surface area (Å²) < 4.78 is 0. The summed E-state index contributed by atoms with van der Waals surface area (Å²) in [5.74, 6) is -1.76. The highest BCUT2D eigenvalue weighted by Gasteiger charge is 2.20. The van der Waals surface area contributed by atoms with Crippen molar-refractivity contribution < 1.29 is 14.7 Å². The molecule has 0 aliphatic rings. The van der Waals surface area contributed by atoms with Gasteiger partial charge in [-0.25, -0.2) is 4.98 Å². The van der Waals surface area contributed by atoms with E-state index < -0.39 is 11.9 Å². The third-order valence-corrected chi connectivity index (χ3v) is 2.78. The maximum atomic E-state index is 12.1. The van der Waals surface area contributed by atoms with Gasteiger partial charge in [-0.3, -0.25) is 9.59 Å². The molecule has 1 aromatic rings. The van der Waals surface area contributed by atoms with Crippen molar-refractivity contribution in [1.29, 1.82) is 0 Å². The van der Waals surface area contributed by atoms with E-state index in [1.807, 2.05) is 0 Å². The number of hydrogen-bond donors (Lipinski definition) is 1. The Morgan fingerprint density at radius 1 is 1.50 bits per heavy atom. The van der Waals surface area contributed by atoms with Crippen LogP contribution in [0.25, 0.3) is 0 Å². The molecule has 98 valence electrons. The van der Waals surface area contributed by atoms with Crippen LogP contribution >= 0.6 is 11.6 Å². The monoisotopic (exact) mass is 270 g/mol. The Hall–Kier alpha value is -1.62. The lowest BCUT2D eigenvalue weighted by molar-refractivity contribution is -0.141. The van der Waals surface area contributed by atoms with Gasteiger partial charge in [0.15, 0.2) is 0 Å². The molecule has 0 spiro atoms. The Bertz CT molecular complexity index is 433. The van der Waals surface area contributed by atoms with Crippen molar-refractivity contribution in [3.05, 3.63) is 29.0 Å². The first-order valence-corrected chi connectivity index (χ1v) is 5.97. The van der Waals surface area contributed by atoms with E-state index in [1.54, 1.807) is 19.9 Å². The van der Waals surface area contributed by atoms with E-state index in [9.17, 15) is 9.59 Å². The molecule has 5 nitrogen and oxygen atoms in total. The first-order valence-electron chi connectivity index (χ1n) is 5.59. The van der Waals surface area contributed by atoms with Crippen LogP contribution in [0.1, 0.15) is 24.2 Å². The SMILES string of the molecule is CCN(CC(C)C(=O)O)C(=O)c1ccc(Cl)nc1. The van der Waals surface area contributed by atoms with Gasteiger partial charge in [0, 0.05) is 19.3 Å². The van der Waals surface area contributed by atoms with Crippen LogP contribution in [0.2, 0.25) is 5.15 Å². The maximum absolute atomic E-state index is 12.1. The van der Waals surface area contributed by atoms with Crippen LogP contribution in [0.5, 0.6) is 0 Å². The van der Waals surface area contributed by atoms with E-state index in [0.29, 0.717) is 17.3 Å². The van der Waals surface area contributed by atoms with Crippen molar-refractivity contribution in [2.75, 3.05) is 13.1 Å². The Kier molecular flexibility index (Phi) is 5.09. The van der Waals surface area contributed by atoms with Gasteiger partial charge in [-0.1, -0.05) is 18.5 Å². The van der Waals surface area contributed by atoms with Crippen LogP contribution in [0.15, 0.2) is 18.3 Å². The van der Waals surface area contributed by atoms with Gasteiger partial charge in [-0.05, 0) is 19.1 Å². The summed E-state index contributed by atoms with van der Waals surface area (Å²) in [6.07, 6.45) is 1.39. The molecule has 1 N–H and O–H groups in total. The zero-order chi connectivity index (χ0) is 13.7. The molecule has 1 amide bonds. The number of pyridine rings is 1. The first-order chi connectivity index (χ1) is 8.45. The number of amides is 1. The Balaban J connectivity index is 2.79. The Labute approximate surface area is 110 Å². The summed E-state index contributed by atoms with van der Waals surface area (Å²) in [4.78, 5) is 28.2. The molecule has 1 aromatic heterocycles. The van der Waals surface area contributed by atoms with Gasteiger partial charge in [0.2, 0.25) is 0 Å². The predicted octanol–water partition coefficient (Wildman–Crippen LogP) is 1.92. The molecular formula is C12H15ClN2O3. The summed E-state index contributed by atoms with van der Waals surface area (Å²) in [6, 6.07) is 3.11. The Morgan fingerprint density at radius 3 is 2.61 bits per heavy atom. The molecule has 1 rings (SSSR count). The number of halogens is 1. The minimum Gasteiger partial charge on any atom is -0.481 e. The summed E-state index contributed by atoms with van der Waals surface area (Å²) in [6.45, 7) is 3.99. The second-order valence-corrected chi connectivity index (χ2v) is 4.34. The maximum Gasteiger partial charge on any atom is 0.308 e. The average Bonchev–Trinajstić information content (AvgIpc) is 2.35. The molecule has 18 heavy (non-hydrogen) atoms. The minimum atomic E-state index is -0.921. The van der Waals surface area contributed by atoms with Gasteiger partial charge in [0.25, 0.3) is 5.91 Å². The smallest absolute Gasteiger partial charge is 0.308 e. The first kappa shape index (κ1) is 14.4. The number of rotatable bonds is 5. The standard InChI is InChI=1S/C12H15ClN2O3/c1-3-15(7-8(2)12(17)18)11(16)9-4-5-10(13)14-6-9/h4-6,8H,3,7H2,1-2H3,(H,17,18). The van der Waals surface area contributed by atoms with Gasteiger partial charge in [0.1, 0.15) is 5.15 Å². The van der Waals surface area contributed by atoms with Crippen LogP contribution in [0, 0.1) is 5.92 Å². The molecule has 0 bridgehead atoms. The third-order valence-electron chi connectivity index (χ3n) is 2.56. The number of aromatic nitrogens is 1. The quantitative estimate of drug-likeness (QED) is 0.830. The number of nitrogens with zero attached hydrogens (tertiary/aromatic N) is 2. The van der Waals surface area contributed by atoms with Crippen molar-refractivity contribution in [2.45, 2.75) is 13.8 Å². The van der Waals surface area contributed by atoms with Crippen molar-refractivity contribution in [1.82, 2.24) is 9.88 Å². The van der Waals surface area contributed by atoms with Crippen molar-refractivity contribution in [2.24, 2.45) is 5.92 Å². The fraction of sp³-hybridized carbons (Fsp3) is 0.417. The molecule has 1 heterocycles. The number of carboxylic acid groups (broad SMARTS) is 1. The van der Waals surface area contributed by atoms with Crippen molar-refractivity contribution in [3.63, 3.8) is 0 Å². The van der Waals surface area contributed by atoms with E-state index in [-0.39, 0.29) is 12.5 Å². The lowest BCUT2D eigenvalue weighted by atomic mass is 10.1. The van der Waals surface area contributed by atoms with Gasteiger partial charge in [-0.15, -0.1) is 0 Å². The average molecular weight is 271 g/mol. The number of carbonyl (C=O) groups is 2. The molecule has 0 radical (unpaired) electrons. The van der Waals surface area contributed by atoms with Crippen LogP contribution in [-0.2, 0) is 4.79 Å². The zero-order valence-corrected chi connectivity index (χ0v) is 11.0. The van der Waals surface area contributed by atoms with Gasteiger partial charge >= 0.3 is 5.97 Å². The summed E-state index contributed by atoms with van der Waals surface area (Å²) in [5, 5.41) is 9.16. The summed E-state index contributed by atoms with van der Waals surface area (Å²) in [7, 11) is 0. The van der Waals surface area contributed by atoms with E-state index in [0.717, 1.165) is 0 Å². The largest absolute Gasteiger partial charge is 0.481 e. The topological polar surface area (TPSA) is 70.5 Å². The summed E-state index contributed by atoms with van der Waals surface area (Å²) in [5.41, 5.74) is 0.402.